The molecular weight excluding hydrogens is 236 g/mol. The zero-order valence-corrected chi connectivity index (χ0v) is 10.2. The molecule has 0 saturated carbocycles. The van der Waals surface area contributed by atoms with E-state index in [-0.39, 0.29) is 5.76 Å². The molecular formula is C13H12O3S. The molecule has 1 N–H and O–H groups in total. The number of thioether (sulfide) groups is 1. The lowest BCUT2D eigenvalue weighted by atomic mass is 10.2. The number of carboxylic acids is 1. The van der Waals surface area contributed by atoms with E-state index < -0.39 is 5.97 Å². The maximum Gasteiger partial charge on any atom is 0.371 e. The van der Waals surface area contributed by atoms with Crippen molar-refractivity contribution in [1.29, 1.82) is 0 Å². The molecule has 2 rings (SSSR count). The third-order valence-corrected chi connectivity index (χ3v) is 3.24. The van der Waals surface area contributed by atoms with Crippen LogP contribution in [0.2, 0.25) is 0 Å². The number of benzene rings is 1. The number of aromatic carboxylic acids is 1. The van der Waals surface area contributed by atoms with E-state index in [0.29, 0.717) is 5.09 Å². The Morgan fingerprint density at radius 2 is 2.18 bits per heavy atom. The van der Waals surface area contributed by atoms with Crippen LogP contribution in [-0.4, -0.2) is 11.1 Å². The highest BCUT2D eigenvalue weighted by molar-refractivity contribution is 7.98. The number of rotatable bonds is 4. The van der Waals surface area contributed by atoms with E-state index in [4.69, 9.17) is 9.52 Å². The van der Waals surface area contributed by atoms with Crippen molar-refractivity contribution in [3.63, 3.8) is 0 Å². The Balaban J connectivity index is 2.00. The van der Waals surface area contributed by atoms with Crippen molar-refractivity contribution in [2.45, 2.75) is 17.8 Å². The van der Waals surface area contributed by atoms with Crippen LogP contribution in [0.15, 0.2) is 45.9 Å². The molecule has 1 heterocycles. The summed E-state index contributed by atoms with van der Waals surface area (Å²) in [5.74, 6) is -0.280. The Morgan fingerprint density at radius 1 is 1.35 bits per heavy atom. The average molecular weight is 248 g/mol. The molecule has 2 aromatic rings. The Hall–Kier alpha value is -1.68. The summed E-state index contributed by atoms with van der Waals surface area (Å²) in [7, 11) is 0. The average Bonchev–Trinajstić information content (AvgIpc) is 2.75. The number of aryl methyl sites for hydroxylation is 1. The molecule has 0 fully saturated rings. The van der Waals surface area contributed by atoms with Crippen LogP contribution in [0.25, 0.3) is 0 Å². The van der Waals surface area contributed by atoms with Gasteiger partial charge < -0.3 is 9.52 Å². The molecule has 1 aromatic carbocycles. The van der Waals surface area contributed by atoms with Gasteiger partial charge in [-0.25, -0.2) is 4.79 Å². The van der Waals surface area contributed by atoms with Gasteiger partial charge in [-0.15, -0.1) is 0 Å². The summed E-state index contributed by atoms with van der Waals surface area (Å²) in [6.45, 7) is 2.05. The van der Waals surface area contributed by atoms with Crippen LogP contribution in [0.4, 0.5) is 0 Å². The number of carbonyl (C=O) groups is 1. The number of furan rings is 1. The van der Waals surface area contributed by atoms with E-state index in [1.54, 1.807) is 6.07 Å². The van der Waals surface area contributed by atoms with Crippen LogP contribution < -0.4 is 0 Å². The molecule has 88 valence electrons. The summed E-state index contributed by atoms with van der Waals surface area (Å²) in [6.07, 6.45) is 0. The Kier molecular flexibility index (Phi) is 3.54. The molecule has 0 aliphatic carbocycles. The van der Waals surface area contributed by atoms with Gasteiger partial charge in [0.05, 0.1) is 0 Å². The molecule has 0 amide bonds. The maximum atomic E-state index is 10.6. The van der Waals surface area contributed by atoms with E-state index in [0.717, 1.165) is 5.75 Å². The van der Waals surface area contributed by atoms with Gasteiger partial charge in [0.2, 0.25) is 5.76 Å². The zero-order valence-electron chi connectivity index (χ0n) is 9.34. The first-order valence-corrected chi connectivity index (χ1v) is 6.15. The van der Waals surface area contributed by atoms with Gasteiger partial charge in [-0.2, -0.15) is 0 Å². The van der Waals surface area contributed by atoms with Crippen LogP contribution >= 0.6 is 11.8 Å². The third-order valence-electron chi connectivity index (χ3n) is 2.26. The third kappa shape index (κ3) is 3.14. The summed E-state index contributed by atoms with van der Waals surface area (Å²) in [4.78, 5) is 10.6. The highest BCUT2D eigenvalue weighted by atomic mass is 32.2. The highest BCUT2D eigenvalue weighted by Gasteiger charge is 2.09. The normalized spacial score (nSPS) is 10.4. The molecule has 17 heavy (non-hydrogen) atoms. The predicted molar refractivity (Wildman–Crippen MR) is 66.4 cm³/mol. The Morgan fingerprint density at radius 3 is 2.82 bits per heavy atom. The van der Waals surface area contributed by atoms with Crippen LogP contribution in [0.5, 0.6) is 0 Å². The topological polar surface area (TPSA) is 50.4 Å². The summed E-state index contributed by atoms with van der Waals surface area (Å²) in [5.41, 5.74) is 2.41. The van der Waals surface area contributed by atoms with Gasteiger partial charge in [0.1, 0.15) is 0 Å². The van der Waals surface area contributed by atoms with E-state index in [9.17, 15) is 4.79 Å². The first-order chi connectivity index (χ1) is 8.15. The van der Waals surface area contributed by atoms with Crippen molar-refractivity contribution >= 4 is 17.7 Å². The minimum atomic E-state index is -1.03. The fourth-order valence-corrected chi connectivity index (χ4v) is 2.27. The van der Waals surface area contributed by atoms with Crippen molar-refractivity contribution in [2.24, 2.45) is 0 Å². The zero-order chi connectivity index (χ0) is 12.3. The van der Waals surface area contributed by atoms with Crippen molar-refractivity contribution in [3.05, 3.63) is 53.3 Å². The molecule has 0 saturated heterocycles. The molecule has 0 aliphatic rings. The second kappa shape index (κ2) is 5.10. The van der Waals surface area contributed by atoms with Crippen LogP contribution in [0.1, 0.15) is 21.7 Å². The summed E-state index contributed by atoms with van der Waals surface area (Å²) in [5, 5.41) is 9.35. The highest BCUT2D eigenvalue weighted by Crippen LogP contribution is 2.25. The predicted octanol–water partition coefficient (Wildman–Crippen LogP) is 3.58. The summed E-state index contributed by atoms with van der Waals surface area (Å²) in [6, 6.07) is 11.4. The fraction of sp³-hybridized carbons (Fsp3) is 0.154. The number of hydrogen-bond donors (Lipinski definition) is 1. The van der Waals surface area contributed by atoms with Crippen molar-refractivity contribution < 1.29 is 14.3 Å². The minimum absolute atomic E-state index is 0.0169. The van der Waals surface area contributed by atoms with Crippen molar-refractivity contribution in [2.75, 3.05) is 0 Å². The minimum Gasteiger partial charge on any atom is -0.475 e. The second-order valence-corrected chi connectivity index (χ2v) is 4.68. The number of carboxylic acid groups (broad SMARTS) is 1. The molecule has 0 aliphatic heterocycles. The van der Waals surface area contributed by atoms with Crippen molar-refractivity contribution in [3.8, 4) is 0 Å². The standard InChI is InChI=1S/C13H12O3S/c1-9-3-2-4-10(7-9)8-17-12-6-5-11(16-12)13(14)15/h2-7H,8H2,1H3,(H,14,15). The first-order valence-electron chi connectivity index (χ1n) is 5.16. The SMILES string of the molecule is Cc1cccc(CSc2ccc(C(=O)O)o2)c1. The summed E-state index contributed by atoms with van der Waals surface area (Å²) >= 11 is 1.49. The monoisotopic (exact) mass is 248 g/mol. The van der Waals surface area contributed by atoms with E-state index in [2.05, 4.69) is 6.07 Å². The first kappa shape index (κ1) is 11.8. The van der Waals surface area contributed by atoms with Crippen LogP contribution in [0, 0.1) is 6.92 Å². The lowest BCUT2D eigenvalue weighted by Crippen LogP contribution is -1.91. The van der Waals surface area contributed by atoms with E-state index in [1.807, 2.05) is 25.1 Å². The summed E-state index contributed by atoms with van der Waals surface area (Å²) < 4.78 is 5.16. The molecule has 1 aromatic heterocycles. The Labute approximate surface area is 103 Å². The van der Waals surface area contributed by atoms with Gasteiger partial charge in [-0.3, -0.25) is 0 Å². The largest absolute Gasteiger partial charge is 0.475 e. The lowest BCUT2D eigenvalue weighted by Gasteiger charge is -2.00. The molecule has 4 heteroatoms. The maximum absolute atomic E-state index is 10.6. The Bertz CT molecular complexity index is 531. The van der Waals surface area contributed by atoms with Gasteiger partial charge >= 0.3 is 5.97 Å². The van der Waals surface area contributed by atoms with E-state index in [1.165, 1.54) is 29.0 Å². The molecule has 0 atom stereocenters. The van der Waals surface area contributed by atoms with Gasteiger partial charge in [0, 0.05) is 5.75 Å². The second-order valence-electron chi connectivity index (χ2n) is 3.70. The van der Waals surface area contributed by atoms with Gasteiger partial charge in [-0.1, -0.05) is 41.6 Å². The molecule has 0 unspecified atom stereocenters. The molecule has 0 radical (unpaired) electrons. The van der Waals surface area contributed by atoms with Gasteiger partial charge in [-0.05, 0) is 24.6 Å². The molecule has 0 spiro atoms. The lowest BCUT2D eigenvalue weighted by molar-refractivity contribution is 0.0656. The van der Waals surface area contributed by atoms with Crippen LogP contribution in [-0.2, 0) is 5.75 Å². The van der Waals surface area contributed by atoms with E-state index >= 15 is 0 Å². The molecule has 3 nitrogen and oxygen atoms in total. The van der Waals surface area contributed by atoms with Crippen LogP contribution in [0.3, 0.4) is 0 Å². The quantitative estimate of drug-likeness (QED) is 0.840. The van der Waals surface area contributed by atoms with Gasteiger partial charge in [0.15, 0.2) is 5.09 Å². The smallest absolute Gasteiger partial charge is 0.371 e. The molecule has 0 bridgehead atoms. The van der Waals surface area contributed by atoms with Gasteiger partial charge in [0.25, 0.3) is 0 Å². The number of hydrogen-bond acceptors (Lipinski definition) is 3. The fourth-order valence-electron chi connectivity index (χ4n) is 1.47. The van der Waals surface area contributed by atoms with Crippen molar-refractivity contribution in [1.82, 2.24) is 0 Å².